The molecule has 0 spiro atoms. The van der Waals surface area contributed by atoms with Crippen LogP contribution in [0.25, 0.3) is 0 Å². The van der Waals surface area contributed by atoms with Gasteiger partial charge in [0, 0.05) is 44.1 Å². The van der Waals surface area contributed by atoms with E-state index in [-0.39, 0.29) is 17.9 Å². The Labute approximate surface area is 130 Å². The van der Waals surface area contributed by atoms with Gasteiger partial charge in [0.15, 0.2) is 0 Å². The number of aromatic nitrogens is 1. The Hall–Kier alpha value is -1.95. The molecule has 0 aromatic carbocycles. The summed E-state index contributed by atoms with van der Waals surface area (Å²) in [5.41, 5.74) is 0.616. The SMILES string of the molecule is O=C(NCC1CNC(C(=O)N2CCCC2)C1)c1ccncc1. The number of likely N-dealkylation sites (tertiary alicyclic amines) is 1. The van der Waals surface area contributed by atoms with Crippen LogP contribution in [0.4, 0.5) is 0 Å². The maximum atomic E-state index is 12.3. The molecule has 2 aliphatic rings. The minimum absolute atomic E-state index is 0.0825. The molecular weight excluding hydrogens is 280 g/mol. The largest absolute Gasteiger partial charge is 0.352 e. The van der Waals surface area contributed by atoms with Crippen molar-refractivity contribution in [2.24, 2.45) is 5.92 Å². The van der Waals surface area contributed by atoms with Gasteiger partial charge in [-0.05, 0) is 37.3 Å². The quantitative estimate of drug-likeness (QED) is 0.845. The van der Waals surface area contributed by atoms with Crippen molar-refractivity contribution in [3.05, 3.63) is 30.1 Å². The first-order chi connectivity index (χ1) is 10.7. The minimum Gasteiger partial charge on any atom is -0.352 e. The lowest BCUT2D eigenvalue weighted by molar-refractivity contribution is -0.132. The average molecular weight is 302 g/mol. The number of hydrogen-bond donors (Lipinski definition) is 2. The Morgan fingerprint density at radius 2 is 2.00 bits per heavy atom. The molecule has 1 aromatic rings. The molecule has 0 saturated carbocycles. The lowest BCUT2D eigenvalue weighted by atomic mass is 10.0. The molecule has 2 amide bonds. The van der Waals surface area contributed by atoms with Crippen LogP contribution >= 0.6 is 0 Å². The second-order valence-electron chi connectivity index (χ2n) is 6.04. The highest BCUT2D eigenvalue weighted by atomic mass is 16.2. The zero-order valence-electron chi connectivity index (χ0n) is 12.6. The maximum Gasteiger partial charge on any atom is 0.251 e. The number of pyridine rings is 1. The maximum absolute atomic E-state index is 12.3. The van der Waals surface area contributed by atoms with Gasteiger partial charge >= 0.3 is 0 Å². The van der Waals surface area contributed by atoms with Crippen LogP contribution in [0.2, 0.25) is 0 Å². The molecular formula is C16H22N4O2. The van der Waals surface area contributed by atoms with E-state index in [1.54, 1.807) is 24.5 Å². The molecule has 2 saturated heterocycles. The predicted molar refractivity (Wildman–Crippen MR) is 82.3 cm³/mol. The Kier molecular flexibility index (Phi) is 4.68. The van der Waals surface area contributed by atoms with Gasteiger partial charge in [0.25, 0.3) is 5.91 Å². The standard InChI is InChI=1S/C16H22N4O2/c21-15(13-3-5-17-6-4-13)19-11-12-9-14(18-10-12)16(22)20-7-1-2-8-20/h3-6,12,14,18H,1-2,7-11H2,(H,19,21). The lowest BCUT2D eigenvalue weighted by Gasteiger charge is -2.20. The first-order valence-electron chi connectivity index (χ1n) is 7.94. The minimum atomic E-state index is -0.0864. The van der Waals surface area contributed by atoms with Crippen LogP contribution in [0.3, 0.4) is 0 Å². The Bertz CT molecular complexity index is 528. The van der Waals surface area contributed by atoms with E-state index in [0.29, 0.717) is 18.0 Å². The van der Waals surface area contributed by atoms with Gasteiger partial charge in [0.2, 0.25) is 5.91 Å². The Balaban J connectivity index is 1.45. The molecule has 2 fully saturated rings. The molecule has 2 unspecified atom stereocenters. The van der Waals surface area contributed by atoms with Gasteiger partial charge in [-0.15, -0.1) is 0 Å². The summed E-state index contributed by atoms with van der Waals surface area (Å²) in [4.78, 5) is 30.2. The monoisotopic (exact) mass is 302 g/mol. The molecule has 0 radical (unpaired) electrons. The zero-order chi connectivity index (χ0) is 15.4. The smallest absolute Gasteiger partial charge is 0.251 e. The normalized spacial score (nSPS) is 24.5. The van der Waals surface area contributed by atoms with E-state index in [9.17, 15) is 9.59 Å². The van der Waals surface area contributed by atoms with Gasteiger partial charge in [-0.2, -0.15) is 0 Å². The van der Waals surface area contributed by atoms with Gasteiger partial charge < -0.3 is 15.5 Å². The van der Waals surface area contributed by atoms with Crippen molar-refractivity contribution in [3.63, 3.8) is 0 Å². The summed E-state index contributed by atoms with van der Waals surface area (Å²) in [5, 5.41) is 6.23. The third kappa shape index (κ3) is 3.44. The molecule has 2 aliphatic heterocycles. The average Bonchev–Trinajstić information content (AvgIpc) is 3.24. The third-order valence-corrected chi connectivity index (χ3v) is 4.43. The summed E-state index contributed by atoms with van der Waals surface area (Å²) in [6.07, 6.45) is 6.24. The van der Waals surface area contributed by atoms with Gasteiger partial charge in [0.05, 0.1) is 6.04 Å². The highest BCUT2D eigenvalue weighted by Gasteiger charge is 2.33. The molecule has 118 valence electrons. The molecule has 3 heterocycles. The van der Waals surface area contributed by atoms with Crippen LogP contribution in [-0.2, 0) is 4.79 Å². The lowest BCUT2D eigenvalue weighted by Crippen LogP contribution is -2.42. The summed E-state index contributed by atoms with van der Waals surface area (Å²) in [5.74, 6) is 0.444. The van der Waals surface area contributed by atoms with E-state index in [1.165, 1.54) is 0 Å². The molecule has 2 N–H and O–H groups in total. The zero-order valence-corrected chi connectivity index (χ0v) is 12.6. The van der Waals surface area contributed by atoms with Crippen molar-refractivity contribution >= 4 is 11.8 Å². The predicted octanol–water partition coefficient (Wildman–Crippen LogP) is 0.412. The first kappa shape index (κ1) is 15.0. The summed E-state index contributed by atoms with van der Waals surface area (Å²) >= 11 is 0. The van der Waals surface area contributed by atoms with Crippen LogP contribution in [0.5, 0.6) is 0 Å². The van der Waals surface area contributed by atoms with E-state index in [1.807, 2.05) is 4.90 Å². The van der Waals surface area contributed by atoms with Gasteiger partial charge in [-0.1, -0.05) is 0 Å². The molecule has 0 bridgehead atoms. The fourth-order valence-corrected chi connectivity index (χ4v) is 3.15. The molecule has 0 aliphatic carbocycles. The topological polar surface area (TPSA) is 74.3 Å². The van der Waals surface area contributed by atoms with Gasteiger partial charge in [-0.3, -0.25) is 14.6 Å². The van der Waals surface area contributed by atoms with Crippen molar-refractivity contribution in [1.29, 1.82) is 0 Å². The number of nitrogens with zero attached hydrogens (tertiary/aromatic N) is 2. The van der Waals surface area contributed by atoms with Crippen molar-refractivity contribution in [2.75, 3.05) is 26.2 Å². The highest BCUT2D eigenvalue weighted by molar-refractivity contribution is 5.93. The van der Waals surface area contributed by atoms with Crippen molar-refractivity contribution < 1.29 is 9.59 Å². The second-order valence-corrected chi connectivity index (χ2v) is 6.04. The number of nitrogens with one attached hydrogen (secondary N) is 2. The molecule has 3 rings (SSSR count). The molecule has 22 heavy (non-hydrogen) atoms. The van der Waals surface area contributed by atoms with E-state index in [4.69, 9.17) is 0 Å². The third-order valence-electron chi connectivity index (χ3n) is 4.43. The number of carbonyl (C=O) groups excluding carboxylic acids is 2. The summed E-state index contributed by atoms with van der Waals surface area (Å²) in [7, 11) is 0. The van der Waals surface area contributed by atoms with Crippen molar-refractivity contribution in [1.82, 2.24) is 20.5 Å². The van der Waals surface area contributed by atoms with Crippen LogP contribution < -0.4 is 10.6 Å². The Morgan fingerprint density at radius 1 is 1.27 bits per heavy atom. The van der Waals surface area contributed by atoms with Gasteiger partial charge in [-0.25, -0.2) is 0 Å². The molecule has 6 heteroatoms. The fraction of sp³-hybridized carbons (Fsp3) is 0.562. The van der Waals surface area contributed by atoms with Crippen LogP contribution in [0, 0.1) is 5.92 Å². The van der Waals surface area contributed by atoms with E-state index in [2.05, 4.69) is 15.6 Å². The molecule has 2 atom stereocenters. The van der Waals surface area contributed by atoms with Crippen LogP contribution in [0.15, 0.2) is 24.5 Å². The van der Waals surface area contributed by atoms with Crippen molar-refractivity contribution in [2.45, 2.75) is 25.3 Å². The van der Waals surface area contributed by atoms with E-state index >= 15 is 0 Å². The highest BCUT2D eigenvalue weighted by Crippen LogP contribution is 2.18. The van der Waals surface area contributed by atoms with Crippen LogP contribution in [-0.4, -0.2) is 53.9 Å². The fourth-order valence-electron chi connectivity index (χ4n) is 3.15. The summed E-state index contributed by atoms with van der Waals surface area (Å²) in [6.45, 7) is 3.15. The summed E-state index contributed by atoms with van der Waals surface area (Å²) < 4.78 is 0. The van der Waals surface area contributed by atoms with Gasteiger partial charge in [0.1, 0.15) is 0 Å². The van der Waals surface area contributed by atoms with Crippen LogP contribution in [0.1, 0.15) is 29.6 Å². The number of hydrogen-bond acceptors (Lipinski definition) is 4. The first-order valence-corrected chi connectivity index (χ1v) is 7.94. The Morgan fingerprint density at radius 3 is 2.73 bits per heavy atom. The van der Waals surface area contributed by atoms with E-state index < -0.39 is 0 Å². The molecule has 1 aromatic heterocycles. The number of rotatable bonds is 4. The second kappa shape index (κ2) is 6.87. The van der Waals surface area contributed by atoms with Crippen molar-refractivity contribution in [3.8, 4) is 0 Å². The van der Waals surface area contributed by atoms with E-state index in [0.717, 1.165) is 38.9 Å². The summed E-state index contributed by atoms with van der Waals surface area (Å²) in [6, 6.07) is 3.31. The molecule has 6 nitrogen and oxygen atoms in total. The number of carbonyl (C=O) groups is 2. The number of amides is 2.